The van der Waals surface area contributed by atoms with Gasteiger partial charge in [-0.15, -0.1) is 0 Å². The average molecular weight is 307 g/mol. The first-order valence-corrected chi connectivity index (χ1v) is 7.38. The standard InChI is InChI=1S/C16H11N3O2.C2H6/c17-10-21-16-15(20)18-13-9-5-4-8-12(13)14(19-16)11-6-2-1-3-7-11;1-2/h1-9,16H,(H,18,20);1-2H3. The molecule has 0 aliphatic carbocycles. The second kappa shape index (κ2) is 7.76. The van der Waals surface area contributed by atoms with Gasteiger partial charge in [-0.25, -0.2) is 4.99 Å². The molecule has 0 saturated heterocycles. The highest BCUT2D eigenvalue weighted by Crippen LogP contribution is 2.24. The average Bonchev–Trinajstić information content (AvgIpc) is 2.75. The molecule has 0 saturated carbocycles. The SMILES string of the molecule is CC.N#COC1N=C(c2ccccc2)c2ccccc2NC1=O. The Morgan fingerprint density at radius 1 is 1.09 bits per heavy atom. The van der Waals surface area contributed by atoms with E-state index >= 15 is 0 Å². The first kappa shape index (κ1) is 16.2. The van der Waals surface area contributed by atoms with E-state index in [0.29, 0.717) is 11.4 Å². The topological polar surface area (TPSA) is 74.5 Å². The van der Waals surface area contributed by atoms with Crippen molar-refractivity contribution in [3.8, 4) is 6.26 Å². The smallest absolute Gasteiger partial charge is 0.289 e. The fourth-order valence-electron chi connectivity index (χ4n) is 2.19. The van der Waals surface area contributed by atoms with E-state index in [1.807, 2.05) is 62.4 Å². The monoisotopic (exact) mass is 307 g/mol. The lowest BCUT2D eigenvalue weighted by molar-refractivity contribution is -0.123. The fourth-order valence-corrected chi connectivity index (χ4v) is 2.19. The Labute approximate surface area is 135 Å². The van der Waals surface area contributed by atoms with Gasteiger partial charge in [-0.3, -0.25) is 4.79 Å². The molecule has 2 aromatic rings. The zero-order chi connectivity index (χ0) is 16.7. The van der Waals surface area contributed by atoms with Crippen molar-refractivity contribution in [2.75, 3.05) is 5.32 Å². The molecule has 0 spiro atoms. The van der Waals surface area contributed by atoms with E-state index in [2.05, 4.69) is 10.3 Å². The quantitative estimate of drug-likeness (QED) is 0.865. The van der Waals surface area contributed by atoms with Crippen LogP contribution in [0.3, 0.4) is 0 Å². The Bertz CT molecular complexity index is 748. The summed E-state index contributed by atoms with van der Waals surface area (Å²) in [5, 5.41) is 11.4. The molecule has 0 radical (unpaired) electrons. The van der Waals surface area contributed by atoms with Crippen molar-refractivity contribution in [1.29, 1.82) is 5.26 Å². The van der Waals surface area contributed by atoms with Gasteiger partial charge in [0.15, 0.2) is 0 Å². The lowest BCUT2D eigenvalue weighted by Crippen LogP contribution is -2.26. The van der Waals surface area contributed by atoms with Crippen molar-refractivity contribution in [3.63, 3.8) is 0 Å². The molecule has 116 valence electrons. The molecular weight excluding hydrogens is 290 g/mol. The minimum absolute atomic E-state index is 0.463. The van der Waals surface area contributed by atoms with Crippen LogP contribution in [0.25, 0.3) is 0 Å². The number of benzene rings is 2. The van der Waals surface area contributed by atoms with Crippen molar-refractivity contribution in [2.24, 2.45) is 4.99 Å². The van der Waals surface area contributed by atoms with Gasteiger partial charge < -0.3 is 10.1 Å². The molecule has 1 atom stereocenters. The highest BCUT2D eigenvalue weighted by atomic mass is 16.5. The molecule has 1 amide bonds. The van der Waals surface area contributed by atoms with Crippen LogP contribution in [0.5, 0.6) is 0 Å². The van der Waals surface area contributed by atoms with Crippen LogP contribution in [0.2, 0.25) is 0 Å². The summed E-state index contributed by atoms with van der Waals surface area (Å²) in [5.74, 6) is -0.463. The molecule has 1 unspecified atom stereocenters. The Kier molecular flexibility index (Phi) is 5.48. The predicted octanol–water partition coefficient (Wildman–Crippen LogP) is 3.33. The molecule has 5 heteroatoms. The fraction of sp³-hybridized carbons (Fsp3) is 0.167. The van der Waals surface area contributed by atoms with Crippen LogP contribution >= 0.6 is 0 Å². The third-order valence-electron chi connectivity index (χ3n) is 3.12. The van der Waals surface area contributed by atoms with Gasteiger partial charge in [-0.05, 0) is 6.07 Å². The third kappa shape index (κ3) is 3.55. The number of aliphatic imine (C=N–C) groups is 1. The molecule has 1 aliphatic rings. The van der Waals surface area contributed by atoms with Gasteiger partial charge >= 0.3 is 0 Å². The third-order valence-corrected chi connectivity index (χ3v) is 3.12. The number of benzodiazepines with no additional fused rings is 1. The van der Waals surface area contributed by atoms with Crippen LogP contribution in [-0.4, -0.2) is 17.8 Å². The molecule has 2 aromatic carbocycles. The molecule has 5 nitrogen and oxygen atoms in total. The highest BCUT2D eigenvalue weighted by Gasteiger charge is 2.26. The molecule has 1 aliphatic heterocycles. The molecular formula is C18H17N3O2. The maximum absolute atomic E-state index is 12.0. The molecule has 1 heterocycles. The number of rotatable bonds is 2. The summed E-state index contributed by atoms with van der Waals surface area (Å²) in [7, 11) is 0. The number of fused-ring (bicyclic) bond motifs is 1. The normalized spacial score (nSPS) is 15.6. The molecule has 3 rings (SSSR count). The van der Waals surface area contributed by atoms with Crippen LogP contribution < -0.4 is 5.32 Å². The summed E-state index contributed by atoms with van der Waals surface area (Å²) >= 11 is 0. The van der Waals surface area contributed by atoms with Crippen molar-refractivity contribution in [1.82, 2.24) is 0 Å². The van der Waals surface area contributed by atoms with Crippen LogP contribution in [-0.2, 0) is 9.53 Å². The van der Waals surface area contributed by atoms with Gasteiger partial charge in [0.25, 0.3) is 18.4 Å². The summed E-state index contributed by atoms with van der Waals surface area (Å²) in [5.41, 5.74) is 2.91. The van der Waals surface area contributed by atoms with Crippen molar-refractivity contribution in [2.45, 2.75) is 20.1 Å². The second-order valence-electron chi connectivity index (χ2n) is 4.44. The summed E-state index contributed by atoms with van der Waals surface area (Å²) in [4.78, 5) is 16.4. The van der Waals surface area contributed by atoms with E-state index in [-0.39, 0.29) is 0 Å². The van der Waals surface area contributed by atoms with E-state index in [1.165, 1.54) is 6.26 Å². The molecule has 0 fully saturated rings. The first-order chi connectivity index (χ1) is 11.3. The van der Waals surface area contributed by atoms with Gasteiger partial charge in [-0.2, -0.15) is 5.26 Å². The van der Waals surface area contributed by atoms with Crippen molar-refractivity contribution in [3.05, 3.63) is 65.7 Å². The zero-order valence-corrected chi connectivity index (χ0v) is 13.0. The number of hydrogen-bond donors (Lipinski definition) is 1. The summed E-state index contributed by atoms with van der Waals surface area (Å²) in [6.45, 7) is 4.00. The summed E-state index contributed by atoms with van der Waals surface area (Å²) in [6.07, 6.45) is 0.344. The van der Waals surface area contributed by atoms with Crippen LogP contribution in [0.15, 0.2) is 59.6 Å². The summed E-state index contributed by atoms with van der Waals surface area (Å²) < 4.78 is 4.76. The largest absolute Gasteiger partial charge is 0.390 e. The lowest BCUT2D eigenvalue weighted by Gasteiger charge is -2.08. The molecule has 0 bridgehead atoms. The number of nitrogens with zero attached hydrogens (tertiary/aromatic N) is 2. The van der Waals surface area contributed by atoms with Crippen LogP contribution in [0.1, 0.15) is 25.0 Å². The Morgan fingerprint density at radius 2 is 1.74 bits per heavy atom. The maximum Gasteiger partial charge on any atom is 0.289 e. The number of nitrogens with one attached hydrogen (secondary N) is 1. The molecule has 1 N–H and O–H groups in total. The number of ether oxygens (including phenoxy) is 1. The first-order valence-electron chi connectivity index (χ1n) is 7.38. The summed E-state index contributed by atoms with van der Waals surface area (Å²) in [6, 6.07) is 16.8. The predicted molar refractivity (Wildman–Crippen MR) is 89.0 cm³/mol. The van der Waals surface area contributed by atoms with E-state index in [9.17, 15) is 4.79 Å². The van der Waals surface area contributed by atoms with Crippen LogP contribution in [0, 0.1) is 11.5 Å². The van der Waals surface area contributed by atoms with E-state index in [4.69, 9.17) is 10.00 Å². The number of amides is 1. The maximum atomic E-state index is 12.0. The number of para-hydroxylation sites is 1. The number of carbonyl (C=O) groups excluding carboxylic acids is 1. The number of anilines is 1. The van der Waals surface area contributed by atoms with Gasteiger partial charge in [0, 0.05) is 11.1 Å². The number of nitriles is 1. The highest BCUT2D eigenvalue weighted by molar-refractivity contribution is 6.19. The molecule has 0 aromatic heterocycles. The molecule has 23 heavy (non-hydrogen) atoms. The van der Waals surface area contributed by atoms with Gasteiger partial charge in [0.05, 0.1) is 11.4 Å². The van der Waals surface area contributed by atoms with Gasteiger partial charge in [0.1, 0.15) is 0 Å². The Morgan fingerprint density at radius 3 is 2.43 bits per heavy atom. The van der Waals surface area contributed by atoms with E-state index in [0.717, 1.165) is 11.1 Å². The lowest BCUT2D eigenvalue weighted by atomic mass is 10.0. The van der Waals surface area contributed by atoms with Crippen molar-refractivity contribution >= 4 is 17.3 Å². The van der Waals surface area contributed by atoms with E-state index in [1.54, 1.807) is 6.07 Å². The number of hydrogen-bond acceptors (Lipinski definition) is 4. The van der Waals surface area contributed by atoms with Crippen LogP contribution in [0.4, 0.5) is 5.69 Å². The number of carbonyl (C=O) groups is 1. The Balaban J connectivity index is 0.000000924. The van der Waals surface area contributed by atoms with Gasteiger partial charge in [-0.1, -0.05) is 62.4 Å². The van der Waals surface area contributed by atoms with Gasteiger partial charge in [0.2, 0.25) is 0 Å². The minimum atomic E-state index is -1.18. The second-order valence-corrected chi connectivity index (χ2v) is 4.44. The Hall–Kier alpha value is -3.13. The van der Waals surface area contributed by atoms with Crippen molar-refractivity contribution < 1.29 is 9.53 Å². The zero-order valence-electron chi connectivity index (χ0n) is 13.0. The minimum Gasteiger partial charge on any atom is -0.390 e. The van der Waals surface area contributed by atoms with E-state index < -0.39 is 12.1 Å².